The molecule has 0 saturated heterocycles. The fourth-order valence-electron chi connectivity index (χ4n) is 1.25. The van der Waals surface area contributed by atoms with Gasteiger partial charge in [-0.05, 0) is 30.7 Å². The van der Waals surface area contributed by atoms with Gasteiger partial charge in [-0.25, -0.2) is 26.3 Å². The molecule has 1 aromatic carbocycles. The Morgan fingerprint density at radius 2 is 1.53 bits per heavy atom. The van der Waals surface area contributed by atoms with Crippen LogP contribution in [0.3, 0.4) is 0 Å². The van der Waals surface area contributed by atoms with Crippen molar-refractivity contribution in [3.8, 4) is 0 Å². The smallest absolute Gasteiger partial charge is 0.215 e. The summed E-state index contributed by atoms with van der Waals surface area (Å²) in [6, 6.07) is 6.25. The average Bonchev–Trinajstić information content (AvgIpc) is 2.27. The minimum atomic E-state index is -3.54. The van der Waals surface area contributed by atoms with Crippen LogP contribution in [0.15, 0.2) is 33.6 Å². The Morgan fingerprint density at radius 1 is 1.00 bits per heavy atom. The summed E-state index contributed by atoms with van der Waals surface area (Å²) in [5, 5.41) is 0. The average molecular weight is 371 g/mol. The molecular weight excluding hydrogens is 356 g/mol. The Labute approximate surface area is 121 Å². The molecule has 0 radical (unpaired) electrons. The molecule has 0 amide bonds. The predicted molar refractivity (Wildman–Crippen MR) is 76.8 cm³/mol. The van der Waals surface area contributed by atoms with Crippen LogP contribution in [0.25, 0.3) is 0 Å². The number of halogens is 1. The summed E-state index contributed by atoms with van der Waals surface area (Å²) in [6.07, 6.45) is 1.43. The summed E-state index contributed by atoms with van der Waals surface area (Å²) < 4.78 is 50.7. The molecule has 0 heterocycles. The van der Waals surface area contributed by atoms with Gasteiger partial charge in [-0.1, -0.05) is 15.9 Å². The van der Waals surface area contributed by atoms with E-state index in [-0.39, 0.29) is 18.0 Å². The fourth-order valence-corrected chi connectivity index (χ4v) is 3.10. The molecule has 1 aromatic rings. The summed E-state index contributed by atoms with van der Waals surface area (Å²) in [6.45, 7) is 0.364. The van der Waals surface area contributed by atoms with Crippen molar-refractivity contribution in [1.82, 2.24) is 9.44 Å². The first-order valence-corrected chi connectivity index (χ1v) is 9.57. The van der Waals surface area contributed by atoms with Crippen LogP contribution in [0.1, 0.15) is 6.42 Å². The summed E-state index contributed by atoms with van der Waals surface area (Å²) >= 11 is 3.22. The van der Waals surface area contributed by atoms with E-state index in [0.29, 0.717) is 6.42 Å². The molecule has 0 aromatic heterocycles. The molecule has 0 fully saturated rings. The third-order valence-corrected chi connectivity index (χ3v) is 4.87. The summed E-state index contributed by atoms with van der Waals surface area (Å²) in [7, 11) is -6.77. The molecule has 19 heavy (non-hydrogen) atoms. The van der Waals surface area contributed by atoms with Gasteiger partial charge in [0.25, 0.3) is 0 Å². The zero-order chi connectivity index (χ0) is 14.5. The second kappa shape index (κ2) is 6.80. The van der Waals surface area contributed by atoms with Crippen molar-refractivity contribution in [1.29, 1.82) is 0 Å². The Hall–Kier alpha value is -0.480. The monoisotopic (exact) mass is 370 g/mol. The summed E-state index contributed by atoms with van der Waals surface area (Å²) in [5.74, 6) is 0. The van der Waals surface area contributed by atoms with Crippen LogP contribution in [0.5, 0.6) is 0 Å². The normalized spacial score (nSPS) is 12.5. The maximum Gasteiger partial charge on any atom is 0.240 e. The molecule has 1 rings (SSSR count). The van der Waals surface area contributed by atoms with Crippen LogP contribution in [0.4, 0.5) is 0 Å². The third kappa shape index (κ3) is 6.48. The number of hydrogen-bond acceptors (Lipinski definition) is 4. The van der Waals surface area contributed by atoms with E-state index in [0.717, 1.165) is 10.7 Å². The third-order valence-electron chi connectivity index (χ3n) is 2.13. The molecule has 0 spiro atoms. The Balaban J connectivity index is 2.46. The molecule has 0 aliphatic carbocycles. The molecule has 0 aliphatic rings. The van der Waals surface area contributed by atoms with Gasteiger partial charge in [0.1, 0.15) is 0 Å². The number of rotatable bonds is 7. The van der Waals surface area contributed by atoms with Crippen molar-refractivity contribution < 1.29 is 16.8 Å². The Morgan fingerprint density at radius 3 is 2.05 bits per heavy atom. The van der Waals surface area contributed by atoms with Gasteiger partial charge in [0.15, 0.2) is 0 Å². The first-order valence-electron chi connectivity index (χ1n) is 5.40. The van der Waals surface area contributed by atoms with E-state index in [2.05, 4.69) is 25.4 Å². The number of nitrogens with one attached hydrogen (secondary N) is 2. The maximum absolute atomic E-state index is 11.8. The lowest BCUT2D eigenvalue weighted by Gasteiger charge is -2.07. The topological polar surface area (TPSA) is 92.3 Å². The molecule has 0 bridgehead atoms. The predicted octanol–water partition coefficient (Wildman–Crippen LogP) is 0.667. The number of benzene rings is 1. The minimum absolute atomic E-state index is 0.168. The second-order valence-corrected chi connectivity index (χ2v) is 8.39. The molecule has 108 valence electrons. The maximum atomic E-state index is 11.8. The van der Waals surface area contributed by atoms with Gasteiger partial charge in [0, 0.05) is 17.6 Å². The van der Waals surface area contributed by atoms with Gasteiger partial charge in [-0.15, -0.1) is 0 Å². The highest BCUT2D eigenvalue weighted by atomic mass is 79.9. The molecular formula is C10H15BrN2O4S2. The van der Waals surface area contributed by atoms with Crippen LogP contribution in [-0.4, -0.2) is 36.2 Å². The summed E-state index contributed by atoms with van der Waals surface area (Å²) in [4.78, 5) is 0.173. The SMILES string of the molecule is CS(=O)(=O)NCCCNS(=O)(=O)c1ccc(Br)cc1. The highest BCUT2D eigenvalue weighted by Gasteiger charge is 2.12. The van der Waals surface area contributed by atoms with Crippen molar-refractivity contribution in [3.63, 3.8) is 0 Å². The lowest BCUT2D eigenvalue weighted by Crippen LogP contribution is -2.29. The van der Waals surface area contributed by atoms with Crippen LogP contribution < -0.4 is 9.44 Å². The number of hydrogen-bond donors (Lipinski definition) is 2. The second-order valence-electron chi connectivity index (χ2n) is 3.87. The molecule has 9 heteroatoms. The Bertz CT molecular complexity index is 611. The van der Waals surface area contributed by atoms with Gasteiger partial charge in [-0.2, -0.15) is 0 Å². The van der Waals surface area contributed by atoms with Crippen LogP contribution in [0.2, 0.25) is 0 Å². The van der Waals surface area contributed by atoms with E-state index in [4.69, 9.17) is 0 Å². The van der Waals surface area contributed by atoms with E-state index in [9.17, 15) is 16.8 Å². The molecule has 2 N–H and O–H groups in total. The van der Waals surface area contributed by atoms with Gasteiger partial charge >= 0.3 is 0 Å². The molecule has 0 saturated carbocycles. The van der Waals surface area contributed by atoms with E-state index < -0.39 is 20.0 Å². The quantitative estimate of drug-likeness (QED) is 0.689. The van der Waals surface area contributed by atoms with Crippen molar-refractivity contribution in [2.75, 3.05) is 19.3 Å². The molecule has 6 nitrogen and oxygen atoms in total. The largest absolute Gasteiger partial charge is 0.240 e. The first kappa shape index (κ1) is 16.6. The van der Waals surface area contributed by atoms with Crippen LogP contribution in [-0.2, 0) is 20.0 Å². The van der Waals surface area contributed by atoms with E-state index >= 15 is 0 Å². The van der Waals surface area contributed by atoms with Crippen molar-refractivity contribution in [3.05, 3.63) is 28.7 Å². The molecule has 0 atom stereocenters. The van der Waals surface area contributed by atoms with Crippen LogP contribution in [0, 0.1) is 0 Å². The van der Waals surface area contributed by atoms with Gasteiger partial charge in [-0.3, -0.25) is 0 Å². The zero-order valence-electron chi connectivity index (χ0n) is 10.3. The van der Waals surface area contributed by atoms with Crippen molar-refractivity contribution in [2.45, 2.75) is 11.3 Å². The fraction of sp³-hybridized carbons (Fsp3) is 0.400. The number of sulfonamides is 2. The highest BCUT2D eigenvalue weighted by Crippen LogP contribution is 2.14. The molecule has 0 unspecified atom stereocenters. The lowest BCUT2D eigenvalue weighted by molar-refractivity contribution is 0.575. The van der Waals surface area contributed by atoms with E-state index in [1.807, 2.05) is 0 Å². The Kier molecular flexibility index (Phi) is 5.93. The van der Waals surface area contributed by atoms with Gasteiger partial charge in [0.2, 0.25) is 20.0 Å². The lowest BCUT2D eigenvalue weighted by atomic mass is 10.4. The van der Waals surface area contributed by atoms with E-state index in [1.54, 1.807) is 12.1 Å². The highest BCUT2D eigenvalue weighted by molar-refractivity contribution is 9.10. The first-order chi connectivity index (χ1) is 8.71. The zero-order valence-corrected chi connectivity index (χ0v) is 13.5. The van der Waals surface area contributed by atoms with E-state index in [1.165, 1.54) is 12.1 Å². The van der Waals surface area contributed by atoms with Gasteiger partial charge in [0.05, 0.1) is 11.2 Å². The van der Waals surface area contributed by atoms with Crippen LogP contribution >= 0.6 is 15.9 Å². The molecule has 0 aliphatic heterocycles. The van der Waals surface area contributed by atoms with Gasteiger partial charge < -0.3 is 0 Å². The minimum Gasteiger partial charge on any atom is -0.215 e. The van der Waals surface area contributed by atoms with Crippen molar-refractivity contribution in [2.24, 2.45) is 0 Å². The summed E-state index contributed by atoms with van der Waals surface area (Å²) in [5.41, 5.74) is 0. The standard InChI is InChI=1S/C10H15BrN2O4S2/c1-18(14,15)12-7-2-8-13-19(16,17)10-5-3-9(11)4-6-10/h3-6,12-13H,2,7-8H2,1H3. The van der Waals surface area contributed by atoms with Crippen molar-refractivity contribution >= 4 is 36.0 Å².